The molecular weight excluding hydrogens is 202 g/mol. The van der Waals surface area contributed by atoms with E-state index in [2.05, 4.69) is 5.32 Å². The molecule has 0 aliphatic rings. The van der Waals surface area contributed by atoms with E-state index in [-0.39, 0.29) is 6.04 Å². The number of hydrogen-bond acceptors (Lipinski definition) is 2. The van der Waals surface area contributed by atoms with Crippen LogP contribution in [0.5, 0.6) is 0 Å². The Morgan fingerprint density at radius 2 is 1.94 bits per heavy atom. The Morgan fingerprint density at radius 3 is 2.38 bits per heavy atom. The van der Waals surface area contributed by atoms with Crippen LogP contribution in [0.2, 0.25) is 0 Å². The molecule has 0 spiro atoms. The SMILES string of the molecule is CNC(c1ccccc1C)C(C)(C)C(=O)O. The van der Waals surface area contributed by atoms with Crippen LogP contribution in [-0.2, 0) is 4.79 Å². The van der Waals surface area contributed by atoms with Crippen molar-refractivity contribution >= 4 is 5.97 Å². The average molecular weight is 221 g/mol. The zero-order valence-corrected chi connectivity index (χ0v) is 10.2. The van der Waals surface area contributed by atoms with E-state index in [0.29, 0.717) is 0 Å². The number of aryl methyl sites for hydroxylation is 1. The Bertz CT molecular complexity index is 385. The van der Waals surface area contributed by atoms with Gasteiger partial charge in [-0.1, -0.05) is 24.3 Å². The highest BCUT2D eigenvalue weighted by Crippen LogP contribution is 2.34. The molecule has 0 radical (unpaired) electrons. The number of hydrogen-bond donors (Lipinski definition) is 2. The quantitative estimate of drug-likeness (QED) is 0.820. The van der Waals surface area contributed by atoms with Crippen LogP contribution in [0.25, 0.3) is 0 Å². The molecule has 0 fully saturated rings. The Morgan fingerprint density at radius 1 is 1.38 bits per heavy atom. The van der Waals surface area contributed by atoms with Gasteiger partial charge < -0.3 is 10.4 Å². The fourth-order valence-electron chi connectivity index (χ4n) is 1.94. The van der Waals surface area contributed by atoms with Gasteiger partial charge in [0.2, 0.25) is 0 Å². The zero-order chi connectivity index (χ0) is 12.3. The molecule has 3 nitrogen and oxygen atoms in total. The molecular formula is C13H19NO2. The maximum atomic E-state index is 11.3. The summed E-state index contributed by atoms with van der Waals surface area (Å²) in [6.07, 6.45) is 0. The van der Waals surface area contributed by atoms with Crippen molar-refractivity contribution in [3.05, 3.63) is 35.4 Å². The maximum Gasteiger partial charge on any atom is 0.311 e. The summed E-state index contributed by atoms with van der Waals surface area (Å²) in [5.41, 5.74) is 1.31. The van der Waals surface area contributed by atoms with Gasteiger partial charge in [-0.15, -0.1) is 0 Å². The lowest BCUT2D eigenvalue weighted by Crippen LogP contribution is -2.38. The minimum absolute atomic E-state index is 0.189. The largest absolute Gasteiger partial charge is 0.481 e. The minimum atomic E-state index is -0.832. The molecule has 0 aliphatic carbocycles. The third kappa shape index (κ3) is 2.25. The number of rotatable bonds is 4. The fraction of sp³-hybridized carbons (Fsp3) is 0.462. The van der Waals surface area contributed by atoms with Gasteiger partial charge in [-0.25, -0.2) is 0 Å². The summed E-state index contributed by atoms with van der Waals surface area (Å²) >= 11 is 0. The lowest BCUT2D eigenvalue weighted by Gasteiger charge is -2.31. The first-order chi connectivity index (χ1) is 7.41. The lowest BCUT2D eigenvalue weighted by atomic mass is 9.79. The molecule has 1 unspecified atom stereocenters. The zero-order valence-electron chi connectivity index (χ0n) is 10.2. The molecule has 3 heteroatoms. The third-order valence-electron chi connectivity index (χ3n) is 3.06. The van der Waals surface area contributed by atoms with E-state index < -0.39 is 11.4 Å². The second-order valence-corrected chi connectivity index (χ2v) is 4.61. The van der Waals surface area contributed by atoms with E-state index in [9.17, 15) is 9.90 Å². The highest BCUT2D eigenvalue weighted by molar-refractivity contribution is 5.75. The van der Waals surface area contributed by atoms with Crippen molar-refractivity contribution in [1.82, 2.24) is 5.32 Å². The van der Waals surface area contributed by atoms with Gasteiger partial charge in [-0.3, -0.25) is 4.79 Å². The standard InChI is InChI=1S/C13H19NO2/c1-9-7-5-6-8-10(9)11(14-4)13(2,3)12(15)16/h5-8,11,14H,1-4H3,(H,15,16). The van der Waals surface area contributed by atoms with Gasteiger partial charge in [0.15, 0.2) is 0 Å². The molecule has 0 aromatic heterocycles. The molecule has 0 bridgehead atoms. The summed E-state index contributed by atoms with van der Waals surface area (Å²) in [5.74, 6) is -0.796. The van der Waals surface area contributed by atoms with Crippen LogP contribution in [0.1, 0.15) is 31.0 Å². The van der Waals surface area contributed by atoms with Crippen LogP contribution in [-0.4, -0.2) is 18.1 Å². The number of carboxylic acids is 1. The molecule has 0 aliphatic heterocycles. The lowest BCUT2D eigenvalue weighted by molar-refractivity contribution is -0.148. The average Bonchev–Trinajstić information content (AvgIpc) is 2.21. The fourth-order valence-corrected chi connectivity index (χ4v) is 1.94. The van der Waals surface area contributed by atoms with Gasteiger partial charge in [0.05, 0.1) is 5.41 Å². The smallest absolute Gasteiger partial charge is 0.311 e. The van der Waals surface area contributed by atoms with E-state index in [1.165, 1.54) is 0 Å². The van der Waals surface area contributed by atoms with Crippen molar-refractivity contribution in [2.45, 2.75) is 26.8 Å². The van der Waals surface area contributed by atoms with Crippen molar-refractivity contribution in [3.63, 3.8) is 0 Å². The second kappa shape index (κ2) is 4.66. The molecule has 0 heterocycles. The van der Waals surface area contributed by atoms with Crippen LogP contribution in [0.3, 0.4) is 0 Å². The van der Waals surface area contributed by atoms with E-state index in [1.54, 1.807) is 20.9 Å². The molecule has 2 N–H and O–H groups in total. The highest BCUT2D eigenvalue weighted by Gasteiger charge is 2.37. The molecule has 16 heavy (non-hydrogen) atoms. The second-order valence-electron chi connectivity index (χ2n) is 4.61. The predicted octanol–water partition coefficient (Wildman–Crippen LogP) is 2.37. The van der Waals surface area contributed by atoms with Gasteiger partial charge in [-0.2, -0.15) is 0 Å². The first kappa shape index (κ1) is 12.7. The van der Waals surface area contributed by atoms with Crippen LogP contribution in [0.15, 0.2) is 24.3 Å². The third-order valence-corrected chi connectivity index (χ3v) is 3.06. The van der Waals surface area contributed by atoms with Crippen LogP contribution in [0, 0.1) is 12.3 Å². The molecule has 0 saturated heterocycles. The number of aliphatic carboxylic acids is 1. The maximum absolute atomic E-state index is 11.3. The topological polar surface area (TPSA) is 49.3 Å². The Balaban J connectivity index is 3.18. The van der Waals surface area contributed by atoms with Crippen molar-refractivity contribution in [1.29, 1.82) is 0 Å². The summed E-state index contributed by atoms with van der Waals surface area (Å²) in [5, 5.41) is 12.4. The Labute approximate surface area is 96.5 Å². The van der Waals surface area contributed by atoms with E-state index in [0.717, 1.165) is 11.1 Å². The Kier molecular flexibility index (Phi) is 3.70. The van der Waals surface area contributed by atoms with E-state index >= 15 is 0 Å². The van der Waals surface area contributed by atoms with Crippen LogP contribution >= 0.6 is 0 Å². The summed E-state index contributed by atoms with van der Waals surface area (Å²) < 4.78 is 0. The van der Waals surface area contributed by atoms with E-state index in [4.69, 9.17) is 0 Å². The Hall–Kier alpha value is -1.35. The number of benzene rings is 1. The first-order valence-electron chi connectivity index (χ1n) is 5.37. The van der Waals surface area contributed by atoms with Gasteiger partial charge in [0, 0.05) is 6.04 Å². The number of carbonyl (C=O) groups is 1. The summed E-state index contributed by atoms with van der Waals surface area (Å²) in [6, 6.07) is 7.68. The molecule has 1 atom stereocenters. The van der Waals surface area contributed by atoms with E-state index in [1.807, 2.05) is 31.2 Å². The highest BCUT2D eigenvalue weighted by atomic mass is 16.4. The first-order valence-corrected chi connectivity index (χ1v) is 5.37. The monoisotopic (exact) mass is 221 g/mol. The van der Waals surface area contributed by atoms with Gasteiger partial charge >= 0.3 is 5.97 Å². The summed E-state index contributed by atoms with van der Waals surface area (Å²) in [4.78, 5) is 11.3. The van der Waals surface area contributed by atoms with Crippen LogP contribution in [0.4, 0.5) is 0 Å². The van der Waals surface area contributed by atoms with Crippen molar-refractivity contribution in [2.24, 2.45) is 5.41 Å². The molecule has 0 amide bonds. The molecule has 88 valence electrons. The van der Waals surface area contributed by atoms with Gasteiger partial charge in [-0.05, 0) is 38.9 Å². The van der Waals surface area contributed by atoms with Crippen molar-refractivity contribution < 1.29 is 9.90 Å². The van der Waals surface area contributed by atoms with Crippen molar-refractivity contribution in [3.8, 4) is 0 Å². The number of carboxylic acid groups (broad SMARTS) is 1. The number of nitrogens with one attached hydrogen (secondary N) is 1. The van der Waals surface area contributed by atoms with Crippen LogP contribution < -0.4 is 5.32 Å². The molecule has 1 aromatic carbocycles. The molecule has 1 rings (SSSR count). The minimum Gasteiger partial charge on any atom is -0.481 e. The predicted molar refractivity (Wildman–Crippen MR) is 64.4 cm³/mol. The van der Waals surface area contributed by atoms with Gasteiger partial charge in [0.25, 0.3) is 0 Å². The summed E-state index contributed by atoms with van der Waals surface area (Å²) in [7, 11) is 1.79. The summed E-state index contributed by atoms with van der Waals surface area (Å²) in [6.45, 7) is 5.48. The normalized spacial score (nSPS) is 13.5. The molecule has 1 aromatic rings. The van der Waals surface area contributed by atoms with Crippen molar-refractivity contribution in [2.75, 3.05) is 7.05 Å². The molecule has 0 saturated carbocycles. The van der Waals surface area contributed by atoms with Gasteiger partial charge in [0.1, 0.15) is 0 Å².